The van der Waals surface area contributed by atoms with Gasteiger partial charge in [-0.2, -0.15) is 0 Å². The first-order valence-electron chi connectivity index (χ1n) is 8.23. The summed E-state index contributed by atoms with van der Waals surface area (Å²) in [6.45, 7) is 5.91. The zero-order valence-corrected chi connectivity index (χ0v) is 13.9. The van der Waals surface area contributed by atoms with Crippen molar-refractivity contribution in [1.29, 1.82) is 0 Å². The number of rotatable bonds is 4. The summed E-state index contributed by atoms with van der Waals surface area (Å²) in [7, 11) is 0. The van der Waals surface area contributed by atoms with E-state index in [1.807, 2.05) is 36.2 Å². The van der Waals surface area contributed by atoms with Gasteiger partial charge in [0.1, 0.15) is 5.82 Å². The molecule has 126 valence electrons. The molecule has 24 heavy (non-hydrogen) atoms. The minimum atomic E-state index is -0.0969. The fourth-order valence-electron chi connectivity index (χ4n) is 2.63. The molecule has 0 radical (unpaired) electrons. The van der Waals surface area contributed by atoms with Crippen molar-refractivity contribution in [2.45, 2.75) is 19.9 Å². The second-order valence-corrected chi connectivity index (χ2v) is 5.76. The molecule has 0 atom stereocenters. The number of urea groups is 1. The number of aromatic nitrogens is 3. The maximum Gasteiger partial charge on any atom is 0.322 e. The van der Waals surface area contributed by atoms with Crippen LogP contribution < -0.4 is 5.32 Å². The zero-order valence-electron chi connectivity index (χ0n) is 13.9. The van der Waals surface area contributed by atoms with Crippen LogP contribution in [0, 0.1) is 0 Å². The summed E-state index contributed by atoms with van der Waals surface area (Å²) in [5, 5.41) is 2.86. The molecule has 0 saturated carbocycles. The Balaban J connectivity index is 1.47. The van der Waals surface area contributed by atoms with Gasteiger partial charge in [0.2, 0.25) is 0 Å². The van der Waals surface area contributed by atoms with Gasteiger partial charge >= 0.3 is 6.03 Å². The molecule has 2 aromatic rings. The van der Waals surface area contributed by atoms with E-state index in [0.29, 0.717) is 18.8 Å². The molecular formula is C17H22N6O. The quantitative estimate of drug-likeness (QED) is 0.927. The molecule has 2 amide bonds. The van der Waals surface area contributed by atoms with Crippen molar-refractivity contribution in [2.24, 2.45) is 0 Å². The van der Waals surface area contributed by atoms with Crippen LogP contribution in [0.2, 0.25) is 0 Å². The van der Waals surface area contributed by atoms with Crippen LogP contribution in [0.5, 0.6) is 0 Å². The monoisotopic (exact) mass is 326 g/mol. The minimum Gasteiger partial charge on any atom is -0.322 e. The summed E-state index contributed by atoms with van der Waals surface area (Å²) in [5.74, 6) is 0.774. The molecule has 1 aliphatic heterocycles. The molecule has 1 aliphatic rings. The van der Waals surface area contributed by atoms with Crippen molar-refractivity contribution in [1.82, 2.24) is 24.8 Å². The van der Waals surface area contributed by atoms with Crippen molar-refractivity contribution in [2.75, 3.05) is 31.5 Å². The van der Waals surface area contributed by atoms with E-state index in [4.69, 9.17) is 0 Å². The fraction of sp³-hybridized carbons (Fsp3) is 0.412. The fourth-order valence-corrected chi connectivity index (χ4v) is 2.63. The van der Waals surface area contributed by atoms with Gasteiger partial charge in [-0.15, -0.1) is 0 Å². The van der Waals surface area contributed by atoms with E-state index in [9.17, 15) is 4.79 Å². The third-order valence-electron chi connectivity index (χ3n) is 4.04. The Morgan fingerprint density at radius 3 is 2.50 bits per heavy atom. The summed E-state index contributed by atoms with van der Waals surface area (Å²) in [5.41, 5.74) is 1.69. The van der Waals surface area contributed by atoms with E-state index < -0.39 is 0 Å². The Bertz CT molecular complexity index is 653. The third kappa shape index (κ3) is 4.26. The molecule has 0 bridgehead atoms. The van der Waals surface area contributed by atoms with Crippen molar-refractivity contribution >= 4 is 11.7 Å². The Labute approximate surface area is 141 Å². The van der Waals surface area contributed by atoms with E-state index in [0.717, 1.165) is 37.6 Å². The standard InChI is InChI=1S/C17H22N6O/c1-2-16-19-11-15(12-20-16)21-17(24)23-9-7-22(8-10-23)13-14-5-3-4-6-18-14/h3-6,11-12H,2,7-10,13H2,1H3,(H,21,24). The maximum atomic E-state index is 12.3. The van der Waals surface area contributed by atoms with Crippen LogP contribution >= 0.6 is 0 Å². The van der Waals surface area contributed by atoms with Gasteiger partial charge in [-0.05, 0) is 12.1 Å². The van der Waals surface area contributed by atoms with Crippen molar-refractivity contribution < 1.29 is 4.79 Å². The molecule has 0 unspecified atom stereocenters. The summed E-state index contributed by atoms with van der Waals surface area (Å²) in [6, 6.07) is 5.85. The van der Waals surface area contributed by atoms with E-state index in [2.05, 4.69) is 25.2 Å². The first kappa shape index (κ1) is 16.3. The third-order valence-corrected chi connectivity index (χ3v) is 4.04. The minimum absolute atomic E-state index is 0.0969. The summed E-state index contributed by atoms with van der Waals surface area (Å²) in [6.07, 6.45) is 5.90. The largest absolute Gasteiger partial charge is 0.322 e. The highest BCUT2D eigenvalue weighted by Gasteiger charge is 2.21. The number of pyridine rings is 1. The lowest BCUT2D eigenvalue weighted by molar-refractivity contribution is 0.142. The Kier molecular flexibility index (Phi) is 5.32. The topological polar surface area (TPSA) is 74.2 Å². The van der Waals surface area contributed by atoms with Gasteiger partial charge in [-0.3, -0.25) is 9.88 Å². The lowest BCUT2D eigenvalue weighted by atomic mass is 10.3. The highest BCUT2D eigenvalue weighted by atomic mass is 16.2. The second kappa shape index (κ2) is 7.83. The number of carbonyl (C=O) groups is 1. The highest BCUT2D eigenvalue weighted by Crippen LogP contribution is 2.09. The number of piperazine rings is 1. The van der Waals surface area contributed by atoms with Gasteiger partial charge in [0.25, 0.3) is 0 Å². The van der Waals surface area contributed by atoms with Gasteiger partial charge in [0.05, 0.1) is 23.8 Å². The molecular weight excluding hydrogens is 304 g/mol. The van der Waals surface area contributed by atoms with Crippen LogP contribution in [-0.4, -0.2) is 57.0 Å². The molecule has 1 saturated heterocycles. The zero-order chi connectivity index (χ0) is 16.8. The molecule has 0 aliphatic carbocycles. The van der Waals surface area contributed by atoms with Crippen LogP contribution in [-0.2, 0) is 13.0 Å². The van der Waals surface area contributed by atoms with Crippen LogP contribution in [0.4, 0.5) is 10.5 Å². The number of nitrogens with zero attached hydrogens (tertiary/aromatic N) is 5. The number of hydrogen-bond donors (Lipinski definition) is 1. The SMILES string of the molecule is CCc1ncc(NC(=O)N2CCN(Cc3ccccn3)CC2)cn1. The predicted molar refractivity (Wildman–Crippen MR) is 91.5 cm³/mol. The molecule has 1 N–H and O–H groups in total. The summed E-state index contributed by atoms with van der Waals surface area (Å²) < 4.78 is 0. The maximum absolute atomic E-state index is 12.3. The van der Waals surface area contributed by atoms with E-state index >= 15 is 0 Å². The normalized spacial score (nSPS) is 15.3. The lowest BCUT2D eigenvalue weighted by Crippen LogP contribution is -2.49. The van der Waals surface area contributed by atoms with Crippen molar-refractivity contribution in [3.8, 4) is 0 Å². The Morgan fingerprint density at radius 1 is 1.12 bits per heavy atom. The van der Waals surface area contributed by atoms with E-state index in [1.54, 1.807) is 12.4 Å². The van der Waals surface area contributed by atoms with E-state index in [1.165, 1.54) is 0 Å². The number of carbonyl (C=O) groups excluding carboxylic acids is 1. The molecule has 0 aromatic carbocycles. The van der Waals surface area contributed by atoms with Gasteiger partial charge in [0.15, 0.2) is 0 Å². The van der Waals surface area contributed by atoms with Gasteiger partial charge in [-0.25, -0.2) is 14.8 Å². The average Bonchev–Trinajstić information content (AvgIpc) is 2.64. The predicted octanol–water partition coefficient (Wildman–Crippen LogP) is 1.78. The molecule has 2 aromatic heterocycles. The number of amides is 2. The van der Waals surface area contributed by atoms with E-state index in [-0.39, 0.29) is 6.03 Å². The van der Waals surface area contributed by atoms with Gasteiger partial charge < -0.3 is 10.2 Å². The Hall–Kier alpha value is -2.54. The number of hydrogen-bond acceptors (Lipinski definition) is 5. The van der Waals surface area contributed by atoms with Crippen LogP contribution in [0.3, 0.4) is 0 Å². The molecule has 0 spiro atoms. The Morgan fingerprint density at radius 2 is 1.88 bits per heavy atom. The summed E-state index contributed by atoms with van der Waals surface area (Å²) >= 11 is 0. The molecule has 3 heterocycles. The first-order chi connectivity index (χ1) is 11.7. The molecule has 3 rings (SSSR count). The van der Waals surface area contributed by atoms with Crippen LogP contribution in [0.1, 0.15) is 18.4 Å². The summed E-state index contributed by atoms with van der Waals surface area (Å²) in [4.78, 5) is 29.2. The van der Waals surface area contributed by atoms with Gasteiger partial charge in [0, 0.05) is 45.3 Å². The number of anilines is 1. The second-order valence-electron chi connectivity index (χ2n) is 5.76. The van der Waals surface area contributed by atoms with Crippen LogP contribution in [0.15, 0.2) is 36.8 Å². The lowest BCUT2D eigenvalue weighted by Gasteiger charge is -2.34. The number of aryl methyl sites for hydroxylation is 1. The highest BCUT2D eigenvalue weighted by molar-refractivity contribution is 5.89. The smallest absolute Gasteiger partial charge is 0.322 e. The van der Waals surface area contributed by atoms with Crippen molar-refractivity contribution in [3.63, 3.8) is 0 Å². The first-order valence-corrected chi connectivity index (χ1v) is 8.23. The molecule has 7 nitrogen and oxygen atoms in total. The average molecular weight is 326 g/mol. The van der Waals surface area contributed by atoms with Gasteiger partial charge in [-0.1, -0.05) is 13.0 Å². The van der Waals surface area contributed by atoms with Crippen molar-refractivity contribution in [3.05, 3.63) is 48.3 Å². The number of nitrogens with one attached hydrogen (secondary N) is 1. The molecule has 7 heteroatoms. The molecule has 1 fully saturated rings. The van der Waals surface area contributed by atoms with Crippen LogP contribution in [0.25, 0.3) is 0 Å².